The second-order valence-corrected chi connectivity index (χ2v) is 4.88. The molecule has 1 aromatic heterocycles. The van der Waals surface area contributed by atoms with Crippen molar-refractivity contribution in [2.45, 2.75) is 6.92 Å². The minimum absolute atomic E-state index is 0.694. The average molecular weight is 295 g/mol. The van der Waals surface area contributed by atoms with E-state index in [4.69, 9.17) is 9.47 Å². The lowest BCUT2D eigenvalue weighted by Gasteiger charge is -2.14. The average Bonchev–Trinajstić information content (AvgIpc) is 2.55. The number of methoxy groups -OCH3 is 2. The Morgan fingerprint density at radius 2 is 1.86 bits per heavy atom. The van der Waals surface area contributed by atoms with Crippen LogP contribution in [0.3, 0.4) is 0 Å². The molecule has 5 nitrogen and oxygen atoms in total. The Balaban J connectivity index is 2.07. The van der Waals surface area contributed by atoms with Crippen molar-refractivity contribution in [3.63, 3.8) is 0 Å². The molecule has 0 bridgehead atoms. The lowest BCUT2D eigenvalue weighted by atomic mass is 10.1. The third-order valence-electron chi connectivity index (χ3n) is 3.53. The van der Waals surface area contributed by atoms with Gasteiger partial charge >= 0.3 is 0 Å². The number of nitrogens with zero attached hydrogens (tertiary/aromatic N) is 2. The second-order valence-electron chi connectivity index (χ2n) is 4.88. The molecule has 0 atom stereocenters. The number of fused-ring (bicyclic) bond motifs is 1. The molecule has 0 saturated heterocycles. The Bertz CT molecular complexity index is 813. The third kappa shape index (κ3) is 2.53. The maximum atomic E-state index is 5.42. The van der Waals surface area contributed by atoms with E-state index in [0.29, 0.717) is 5.75 Å². The highest BCUT2D eigenvalue weighted by Crippen LogP contribution is 2.33. The Hall–Kier alpha value is -2.82. The van der Waals surface area contributed by atoms with Crippen LogP contribution in [0.25, 0.3) is 10.9 Å². The lowest BCUT2D eigenvalue weighted by molar-refractivity contribution is 0.395. The van der Waals surface area contributed by atoms with Crippen molar-refractivity contribution in [1.29, 1.82) is 0 Å². The van der Waals surface area contributed by atoms with Crippen molar-refractivity contribution in [1.82, 2.24) is 9.97 Å². The summed E-state index contributed by atoms with van der Waals surface area (Å²) in [6, 6.07) is 11.6. The molecule has 0 aliphatic heterocycles. The zero-order chi connectivity index (χ0) is 15.5. The molecule has 2 aromatic carbocycles. The largest absolute Gasteiger partial charge is 0.497 e. The number of hydrogen-bond acceptors (Lipinski definition) is 5. The SMILES string of the molecule is COc1ccc(Nc2ncnc3cccc(C)c23)c(OC)c1. The molecular formula is C17H17N3O2. The van der Waals surface area contributed by atoms with Crippen molar-refractivity contribution in [3.05, 3.63) is 48.3 Å². The van der Waals surface area contributed by atoms with E-state index in [1.807, 2.05) is 43.3 Å². The van der Waals surface area contributed by atoms with E-state index in [0.717, 1.165) is 33.7 Å². The highest BCUT2D eigenvalue weighted by molar-refractivity contribution is 5.93. The van der Waals surface area contributed by atoms with Gasteiger partial charge in [0.2, 0.25) is 0 Å². The maximum absolute atomic E-state index is 5.42. The number of hydrogen-bond donors (Lipinski definition) is 1. The van der Waals surface area contributed by atoms with Crippen LogP contribution in [0.15, 0.2) is 42.7 Å². The smallest absolute Gasteiger partial charge is 0.146 e. The van der Waals surface area contributed by atoms with E-state index < -0.39 is 0 Å². The minimum Gasteiger partial charge on any atom is -0.497 e. The molecule has 3 rings (SSSR count). The summed E-state index contributed by atoms with van der Waals surface area (Å²) >= 11 is 0. The highest BCUT2D eigenvalue weighted by Gasteiger charge is 2.10. The van der Waals surface area contributed by atoms with Gasteiger partial charge in [-0.25, -0.2) is 9.97 Å². The fourth-order valence-corrected chi connectivity index (χ4v) is 2.41. The molecule has 0 aliphatic rings. The van der Waals surface area contributed by atoms with Crippen molar-refractivity contribution < 1.29 is 9.47 Å². The molecule has 3 aromatic rings. The van der Waals surface area contributed by atoms with Crippen LogP contribution in [0.2, 0.25) is 0 Å². The summed E-state index contributed by atoms with van der Waals surface area (Å²) in [6.07, 6.45) is 1.56. The van der Waals surface area contributed by atoms with E-state index >= 15 is 0 Å². The zero-order valence-electron chi connectivity index (χ0n) is 12.8. The van der Waals surface area contributed by atoms with Gasteiger partial charge in [-0.15, -0.1) is 0 Å². The second kappa shape index (κ2) is 5.89. The summed E-state index contributed by atoms with van der Waals surface area (Å²) in [7, 11) is 3.26. The standard InChI is InChI=1S/C17H17N3O2/c1-11-5-4-6-14-16(11)17(19-10-18-14)20-13-8-7-12(21-2)9-15(13)22-3/h4-10H,1-3H3,(H,18,19,20). The molecule has 5 heteroatoms. The van der Waals surface area contributed by atoms with Crippen LogP contribution in [-0.2, 0) is 0 Å². The van der Waals surface area contributed by atoms with E-state index in [-0.39, 0.29) is 0 Å². The fraction of sp³-hybridized carbons (Fsp3) is 0.176. The highest BCUT2D eigenvalue weighted by atomic mass is 16.5. The molecule has 0 spiro atoms. The normalized spacial score (nSPS) is 10.5. The number of rotatable bonds is 4. The Morgan fingerprint density at radius 3 is 2.64 bits per heavy atom. The summed E-state index contributed by atoms with van der Waals surface area (Å²) in [4.78, 5) is 8.68. The zero-order valence-corrected chi connectivity index (χ0v) is 12.8. The molecule has 0 aliphatic carbocycles. The Labute approximate surface area is 128 Å². The monoisotopic (exact) mass is 295 g/mol. The van der Waals surface area contributed by atoms with Gasteiger partial charge < -0.3 is 14.8 Å². The van der Waals surface area contributed by atoms with Gasteiger partial charge in [-0.05, 0) is 30.7 Å². The Kier molecular flexibility index (Phi) is 3.78. The summed E-state index contributed by atoms with van der Waals surface area (Å²) in [5.41, 5.74) is 2.85. The topological polar surface area (TPSA) is 56.3 Å². The van der Waals surface area contributed by atoms with Gasteiger partial charge in [0.25, 0.3) is 0 Å². The van der Waals surface area contributed by atoms with Crippen molar-refractivity contribution in [2.75, 3.05) is 19.5 Å². The molecule has 0 radical (unpaired) electrons. The summed E-state index contributed by atoms with van der Waals surface area (Å²) < 4.78 is 10.6. The molecule has 1 heterocycles. The minimum atomic E-state index is 0.694. The molecule has 1 N–H and O–H groups in total. The van der Waals surface area contributed by atoms with Crippen molar-refractivity contribution >= 4 is 22.4 Å². The Morgan fingerprint density at radius 1 is 1.00 bits per heavy atom. The molecule has 0 fully saturated rings. The first-order valence-electron chi connectivity index (χ1n) is 6.92. The van der Waals surface area contributed by atoms with E-state index in [1.54, 1.807) is 20.5 Å². The number of benzene rings is 2. The summed E-state index contributed by atoms with van der Waals surface area (Å²) in [5.74, 6) is 2.19. The van der Waals surface area contributed by atoms with Gasteiger partial charge in [-0.2, -0.15) is 0 Å². The van der Waals surface area contributed by atoms with Crippen molar-refractivity contribution in [2.24, 2.45) is 0 Å². The number of aromatic nitrogens is 2. The first kappa shape index (κ1) is 14.1. The molecule has 22 heavy (non-hydrogen) atoms. The lowest BCUT2D eigenvalue weighted by Crippen LogP contribution is -1.99. The van der Waals surface area contributed by atoms with Crippen LogP contribution in [0, 0.1) is 6.92 Å². The van der Waals surface area contributed by atoms with Gasteiger partial charge in [0.1, 0.15) is 23.6 Å². The first-order valence-corrected chi connectivity index (χ1v) is 6.92. The molecular weight excluding hydrogens is 278 g/mol. The maximum Gasteiger partial charge on any atom is 0.146 e. The quantitative estimate of drug-likeness (QED) is 0.795. The molecule has 112 valence electrons. The molecule has 0 unspecified atom stereocenters. The third-order valence-corrected chi connectivity index (χ3v) is 3.53. The van der Waals surface area contributed by atoms with Crippen molar-refractivity contribution in [3.8, 4) is 11.5 Å². The van der Waals surface area contributed by atoms with Crippen LogP contribution >= 0.6 is 0 Å². The first-order chi connectivity index (χ1) is 10.7. The van der Waals surface area contributed by atoms with Crippen LogP contribution in [-0.4, -0.2) is 24.2 Å². The van der Waals surface area contributed by atoms with Gasteiger partial charge in [-0.3, -0.25) is 0 Å². The van der Waals surface area contributed by atoms with Gasteiger partial charge in [0, 0.05) is 11.5 Å². The van der Waals surface area contributed by atoms with E-state index in [2.05, 4.69) is 15.3 Å². The van der Waals surface area contributed by atoms with Gasteiger partial charge in [-0.1, -0.05) is 12.1 Å². The number of aryl methyl sites for hydroxylation is 1. The predicted octanol–water partition coefficient (Wildman–Crippen LogP) is 3.70. The summed E-state index contributed by atoms with van der Waals surface area (Å²) in [6.45, 7) is 2.04. The van der Waals surface area contributed by atoms with Crippen LogP contribution in [0.5, 0.6) is 11.5 Å². The number of nitrogens with one attached hydrogen (secondary N) is 1. The van der Waals surface area contributed by atoms with E-state index in [1.165, 1.54) is 0 Å². The molecule has 0 saturated carbocycles. The van der Waals surface area contributed by atoms with Gasteiger partial charge in [0.15, 0.2) is 0 Å². The van der Waals surface area contributed by atoms with Crippen LogP contribution in [0.1, 0.15) is 5.56 Å². The predicted molar refractivity (Wildman–Crippen MR) is 87.1 cm³/mol. The molecule has 0 amide bonds. The number of anilines is 2. The van der Waals surface area contributed by atoms with Gasteiger partial charge in [0.05, 0.1) is 25.4 Å². The van der Waals surface area contributed by atoms with E-state index in [9.17, 15) is 0 Å². The van der Waals surface area contributed by atoms with Crippen LogP contribution < -0.4 is 14.8 Å². The van der Waals surface area contributed by atoms with Crippen LogP contribution in [0.4, 0.5) is 11.5 Å². The number of ether oxygens (including phenoxy) is 2. The fourth-order valence-electron chi connectivity index (χ4n) is 2.41. The summed E-state index contributed by atoms with van der Waals surface area (Å²) in [5, 5.41) is 4.33.